The summed E-state index contributed by atoms with van der Waals surface area (Å²) < 4.78 is 0. The molecule has 0 radical (unpaired) electrons. The van der Waals surface area contributed by atoms with Gasteiger partial charge in [0.1, 0.15) is 0 Å². The van der Waals surface area contributed by atoms with Crippen LogP contribution in [0.5, 0.6) is 0 Å². The molecule has 0 aromatic carbocycles. The summed E-state index contributed by atoms with van der Waals surface area (Å²) in [5, 5.41) is 3.77. The minimum Gasteiger partial charge on any atom is -0.387 e. The van der Waals surface area contributed by atoms with E-state index in [9.17, 15) is 9.59 Å². The van der Waals surface area contributed by atoms with Crippen molar-refractivity contribution in [2.24, 2.45) is 34.5 Å². The Morgan fingerprint density at radius 1 is 1.07 bits per heavy atom. The van der Waals surface area contributed by atoms with Crippen molar-refractivity contribution in [2.45, 2.75) is 79.6 Å². The normalized spacial score (nSPS) is 41.3. The predicted molar refractivity (Wildman–Crippen MR) is 116 cm³/mol. The van der Waals surface area contributed by atoms with Crippen LogP contribution in [0.4, 0.5) is 0 Å². The molecule has 1 amide bonds. The first-order valence-corrected chi connectivity index (χ1v) is 12.1. The quantitative estimate of drug-likeness (QED) is 0.753. The smallest absolute Gasteiger partial charge is 0.226 e. The van der Waals surface area contributed by atoms with E-state index in [1.54, 1.807) is 0 Å². The number of piperidine rings is 1. The molecule has 162 valence electrons. The molecule has 3 fully saturated rings. The monoisotopic (exact) mass is 400 g/mol. The van der Waals surface area contributed by atoms with E-state index in [1.165, 1.54) is 18.5 Å². The van der Waals surface area contributed by atoms with Crippen LogP contribution in [0.1, 0.15) is 79.6 Å². The summed E-state index contributed by atoms with van der Waals surface area (Å²) in [5.41, 5.74) is 2.59. The molecule has 6 atom stereocenters. The average molecular weight is 401 g/mol. The van der Waals surface area contributed by atoms with Gasteiger partial charge in [-0.1, -0.05) is 20.8 Å². The summed E-state index contributed by atoms with van der Waals surface area (Å²) >= 11 is 0. The molecule has 2 saturated carbocycles. The molecule has 0 bridgehead atoms. The van der Waals surface area contributed by atoms with Gasteiger partial charge in [0.2, 0.25) is 5.91 Å². The third-order valence-electron chi connectivity index (χ3n) is 9.58. The lowest BCUT2D eigenvalue weighted by Gasteiger charge is -2.58. The summed E-state index contributed by atoms with van der Waals surface area (Å²) in [5.74, 6) is 2.84. The van der Waals surface area contributed by atoms with Gasteiger partial charge in [-0.3, -0.25) is 9.59 Å². The van der Waals surface area contributed by atoms with E-state index in [-0.39, 0.29) is 16.7 Å². The van der Waals surface area contributed by atoms with Crippen LogP contribution in [0.3, 0.4) is 0 Å². The molecule has 1 heterocycles. The van der Waals surface area contributed by atoms with Crippen LogP contribution >= 0.6 is 0 Å². The van der Waals surface area contributed by atoms with Crippen molar-refractivity contribution in [3.05, 3.63) is 11.3 Å². The second-order valence-electron chi connectivity index (χ2n) is 10.5. The van der Waals surface area contributed by atoms with E-state index in [2.05, 4.69) is 39.9 Å². The SMILES string of the molecule is CCC1=C2NC[C@H]3[C@@H]4CC[C@H](C(=O)N(CC)CC)[C@@]4(C)CC[C@@H]3[C@@]2(C)CCC1=O. The molecule has 4 nitrogen and oxygen atoms in total. The van der Waals surface area contributed by atoms with Gasteiger partial charge in [-0.25, -0.2) is 0 Å². The highest BCUT2D eigenvalue weighted by Crippen LogP contribution is 2.64. The molecule has 29 heavy (non-hydrogen) atoms. The molecule has 4 aliphatic rings. The van der Waals surface area contributed by atoms with E-state index in [0.29, 0.717) is 35.9 Å². The first-order chi connectivity index (χ1) is 13.8. The molecule has 1 saturated heterocycles. The van der Waals surface area contributed by atoms with Crippen LogP contribution in [0.25, 0.3) is 0 Å². The standard InChI is InChI=1S/C25H40N2O2/c1-6-16-21(28)12-14-25(5)19-11-13-24(4)18(17(19)15-26-22(16)25)9-10-20(24)23(29)27(7-2)8-3/h17-20,26H,6-15H2,1-5H3/t17-,18-,19-,20+,24-,25+/m0/s1. The van der Waals surface area contributed by atoms with Crippen LogP contribution in [-0.2, 0) is 9.59 Å². The zero-order valence-electron chi connectivity index (χ0n) is 19.1. The summed E-state index contributed by atoms with van der Waals surface area (Å²) in [6, 6.07) is 0. The number of Topliss-reactive ketones (excluding diaryl/α,β-unsaturated/α-hetero) is 1. The maximum Gasteiger partial charge on any atom is 0.226 e. The summed E-state index contributed by atoms with van der Waals surface area (Å²) in [4.78, 5) is 27.9. The van der Waals surface area contributed by atoms with Crippen LogP contribution < -0.4 is 5.32 Å². The lowest BCUT2D eigenvalue weighted by Crippen LogP contribution is -2.58. The molecular weight excluding hydrogens is 360 g/mol. The number of hydrogen-bond donors (Lipinski definition) is 1. The van der Waals surface area contributed by atoms with Gasteiger partial charge < -0.3 is 10.2 Å². The van der Waals surface area contributed by atoms with Crippen molar-refractivity contribution >= 4 is 11.7 Å². The Morgan fingerprint density at radius 3 is 2.45 bits per heavy atom. The van der Waals surface area contributed by atoms with Crippen molar-refractivity contribution < 1.29 is 9.59 Å². The maximum absolute atomic E-state index is 13.3. The largest absolute Gasteiger partial charge is 0.387 e. The van der Waals surface area contributed by atoms with Crippen molar-refractivity contribution in [1.29, 1.82) is 0 Å². The van der Waals surface area contributed by atoms with E-state index >= 15 is 0 Å². The van der Waals surface area contributed by atoms with Crippen molar-refractivity contribution in [1.82, 2.24) is 10.2 Å². The second-order valence-corrected chi connectivity index (χ2v) is 10.5. The number of nitrogens with zero attached hydrogens (tertiary/aromatic N) is 1. The molecule has 0 spiro atoms. The first kappa shape index (κ1) is 20.9. The van der Waals surface area contributed by atoms with Gasteiger partial charge in [0, 0.05) is 48.7 Å². The predicted octanol–water partition coefficient (Wildman–Crippen LogP) is 4.55. The van der Waals surface area contributed by atoms with Crippen molar-refractivity contribution in [3.63, 3.8) is 0 Å². The first-order valence-electron chi connectivity index (χ1n) is 12.1. The van der Waals surface area contributed by atoms with Crippen LogP contribution in [-0.4, -0.2) is 36.2 Å². The minimum atomic E-state index is 0.116. The Bertz CT molecular complexity index is 724. The fourth-order valence-electron chi connectivity index (χ4n) is 7.93. The number of carbonyl (C=O) groups is 2. The van der Waals surface area contributed by atoms with E-state index in [0.717, 1.165) is 50.9 Å². The molecule has 1 N–H and O–H groups in total. The molecule has 3 aliphatic carbocycles. The number of ketones is 1. The lowest BCUT2D eigenvalue weighted by atomic mass is 9.49. The molecular formula is C25H40N2O2. The fraction of sp³-hybridized carbons (Fsp3) is 0.840. The Labute approximate surface area is 176 Å². The van der Waals surface area contributed by atoms with Gasteiger partial charge in [-0.15, -0.1) is 0 Å². The lowest BCUT2D eigenvalue weighted by molar-refractivity contribution is -0.142. The summed E-state index contributed by atoms with van der Waals surface area (Å²) in [6.45, 7) is 13.8. The van der Waals surface area contributed by atoms with Crippen LogP contribution in [0.15, 0.2) is 11.3 Å². The van der Waals surface area contributed by atoms with Gasteiger partial charge in [0.15, 0.2) is 5.78 Å². The van der Waals surface area contributed by atoms with Crippen LogP contribution in [0, 0.1) is 34.5 Å². The fourth-order valence-corrected chi connectivity index (χ4v) is 7.93. The third kappa shape index (κ3) is 2.91. The second kappa shape index (κ2) is 7.42. The molecule has 0 aromatic heterocycles. The van der Waals surface area contributed by atoms with Gasteiger partial charge in [-0.05, 0) is 75.5 Å². The number of fused-ring (bicyclic) bond motifs is 5. The van der Waals surface area contributed by atoms with Crippen molar-refractivity contribution in [2.75, 3.05) is 19.6 Å². The maximum atomic E-state index is 13.3. The topological polar surface area (TPSA) is 49.4 Å². The highest BCUT2D eigenvalue weighted by Gasteiger charge is 2.61. The molecule has 4 rings (SSSR count). The van der Waals surface area contributed by atoms with E-state index < -0.39 is 0 Å². The van der Waals surface area contributed by atoms with E-state index in [4.69, 9.17) is 0 Å². The number of amides is 1. The number of nitrogens with one attached hydrogen (secondary N) is 1. The van der Waals surface area contributed by atoms with E-state index in [1.807, 2.05) is 4.90 Å². The highest BCUT2D eigenvalue weighted by atomic mass is 16.2. The Morgan fingerprint density at radius 2 is 1.79 bits per heavy atom. The molecule has 1 aliphatic heterocycles. The zero-order valence-corrected chi connectivity index (χ0v) is 19.1. The Hall–Kier alpha value is -1.32. The Kier molecular flexibility index (Phi) is 5.36. The zero-order chi connectivity index (χ0) is 21.0. The highest BCUT2D eigenvalue weighted by molar-refractivity contribution is 5.97. The third-order valence-corrected chi connectivity index (χ3v) is 9.58. The van der Waals surface area contributed by atoms with Crippen molar-refractivity contribution in [3.8, 4) is 0 Å². The van der Waals surface area contributed by atoms with Gasteiger partial charge >= 0.3 is 0 Å². The molecule has 4 heteroatoms. The summed E-state index contributed by atoms with van der Waals surface area (Å²) in [6.07, 6.45) is 7.14. The van der Waals surface area contributed by atoms with Gasteiger partial charge in [0.25, 0.3) is 0 Å². The minimum absolute atomic E-state index is 0.116. The van der Waals surface area contributed by atoms with Gasteiger partial charge in [0.05, 0.1) is 0 Å². The summed E-state index contributed by atoms with van der Waals surface area (Å²) in [7, 11) is 0. The molecule has 0 unspecified atom stereocenters. The average Bonchev–Trinajstić information content (AvgIpc) is 3.06. The molecule has 0 aromatic rings. The number of rotatable bonds is 4. The van der Waals surface area contributed by atoms with Gasteiger partial charge in [-0.2, -0.15) is 0 Å². The Balaban J connectivity index is 1.63. The number of allylic oxidation sites excluding steroid dienone is 2. The number of hydrogen-bond acceptors (Lipinski definition) is 3. The number of carbonyl (C=O) groups excluding carboxylic acids is 2. The van der Waals surface area contributed by atoms with Crippen LogP contribution in [0.2, 0.25) is 0 Å².